The van der Waals surface area contributed by atoms with Crippen molar-refractivity contribution in [3.8, 4) is 28.7 Å². The summed E-state index contributed by atoms with van der Waals surface area (Å²) < 4.78 is 27.8. The van der Waals surface area contributed by atoms with Gasteiger partial charge in [-0.15, -0.1) is 0 Å². The summed E-state index contributed by atoms with van der Waals surface area (Å²) in [5.74, 6) is 2.02. The van der Waals surface area contributed by atoms with Crippen LogP contribution in [0.2, 0.25) is 0 Å². The van der Waals surface area contributed by atoms with Crippen LogP contribution in [0.3, 0.4) is 0 Å². The molecule has 0 aliphatic carbocycles. The van der Waals surface area contributed by atoms with Gasteiger partial charge in [0.05, 0.1) is 24.8 Å². The van der Waals surface area contributed by atoms with Crippen LogP contribution in [0.5, 0.6) is 28.7 Å². The van der Waals surface area contributed by atoms with E-state index in [-0.39, 0.29) is 56.7 Å². The molecule has 0 saturated carbocycles. The van der Waals surface area contributed by atoms with E-state index in [9.17, 15) is 19.5 Å². The molecule has 0 unspecified atom stereocenters. The Morgan fingerprint density at radius 1 is 0.870 bits per heavy atom. The molecule has 0 saturated heterocycles. The molecule has 14 nitrogen and oxygen atoms in total. The van der Waals surface area contributed by atoms with E-state index >= 15 is 0 Å². The number of hydrogen-bond donors (Lipinski definition) is 4. The Hall–Kier alpha value is -5.37. The zero-order valence-corrected chi connectivity index (χ0v) is 25.6. The zero-order valence-electron chi connectivity index (χ0n) is 25.6. The van der Waals surface area contributed by atoms with Gasteiger partial charge in [0.2, 0.25) is 13.6 Å². The van der Waals surface area contributed by atoms with E-state index in [1.54, 1.807) is 67.4 Å². The third-order valence-corrected chi connectivity index (χ3v) is 7.98. The van der Waals surface area contributed by atoms with Gasteiger partial charge in [-0.2, -0.15) is 0 Å². The summed E-state index contributed by atoms with van der Waals surface area (Å²) in [7, 11) is 1.66. The van der Waals surface area contributed by atoms with E-state index in [0.29, 0.717) is 45.8 Å². The van der Waals surface area contributed by atoms with Crippen molar-refractivity contribution < 1.29 is 43.2 Å². The molecule has 0 aromatic heterocycles. The van der Waals surface area contributed by atoms with Crippen molar-refractivity contribution in [1.29, 1.82) is 0 Å². The van der Waals surface area contributed by atoms with Gasteiger partial charge >= 0.3 is 12.1 Å². The maximum Gasteiger partial charge on any atom is 0.323 e. The molecule has 3 aromatic carbocycles. The van der Waals surface area contributed by atoms with Gasteiger partial charge in [-0.1, -0.05) is 6.92 Å². The van der Waals surface area contributed by atoms with E-state index < -0.39 is 18.2 Å². The number of nitrogens with one attached hydrogen (secondary N) is 3. The Balaban J connectivity index is 1.18. The number of rotatable bonds is 7. The van der Waals surface area contributed by atoms with Gasteiger partial charge in [0.1, 0.15) is 11.9 Å². The number of aliphatic hydroxyl groups excluding tert-OH is 1. The van der Waals surface area contributed by atoms with Gasteiger partial charge in [-0.3, -0.25) is 4.79 Å². The largest absolute Gasteiger partial charge is 0.487 e. The number of likely N-dealkylation sites (N-methyl/N-ethyl adjacent to an activating group) is 1. The van der Waals surface area contributed by atoms with Crippen LogP contribution in [0.25, 0.3) is 0 Å². The van der Waals surface area contributed by atoms with Crippen molar-refractivity contribution in [2.75, 3.05) is 56.3 Å². The zero-order chi connectivity index (χ0) is 32.4. The molecule has 3 aromatic rings. The monoisotopic (exact) mass is 633 g/mol. The Kier molecular flexibility index (Phi) is 8.61. The van der Waals surface area contributed by atoms with Crippen molar-refractivity contribution in [2.24, 2.45) is 5.92 Å². The highest BCUT2D eigenvalue weighted by atomic mass is 16.7. The lowest BCUT2D eigenvalue weighted by Gasteiger charge is -2.38. The third-order valence-electron chi connectivity index (χ3n) is 7.98. The van der Waals surface area contributed by atoms with Crippen molar-refractivity contribution in [3.05, 3.63) is 60.2 Å². The number of aliphatic hydroxyl groups is 1. The highest BCUT2D eigenvalue weighted by molar-refractivity contribution is 6.02. The molecule has 0 fully saturated rings. The average Bonchev–Trinajstić information content (AvgIpc) is 3.71. The van der Waals surface area contributed by atoms with Gasteiger partial charge in [-0.05, 0) is 49.4 Å². The molecule has 46 heavy (non-hydrogen) atoms. The first-order valence-corrected chi connectivity index (χ1v) is 14.8. The van der Waals surface area contributed by atoms with Gasteiger partial charge in [-0.25, -0.2) is 9.59 Å². The second kappa shape index (κ2) is 12.9. The number of ether oxygens (including phenoxy) is 5. The third kappa shape index (κ3) is 6.52. The first-order valence-electron chi connectivity index (χ1n) is 14.8. The molecule has 3 aliphatic heterocycles. The summed E-state index contributed by atoms with van der Waals surface area (Å²) in [5.41, 5.74) is 1.62. The topological polar surface area (TPSA) is 160 Å². The normalized spacial score (nSPS) is 18.4. The van der Waals surface area contributed by atoms with E-state index in [0.717, 1.165) is 0 Å². The van der Waals surface area contributed by atoms with Crippen molar-refractivity contribution in [3.63, 3.8) is 0 Å². The summed E-state index contributed by atoms with van der Waals surface area (Å²) in [6.07, 6.45) is -0.513. The molecule has 0 radical (unpaired) electrons. The maximum atomic E-state index is 13.8. The van der Waals surface area contributed by atoms with Crippen molar-refractivity contribution >= 4 is 35.0 Å². The van der Waals surface area contributed by atoms with Crippen LogP contribution in [-0.4, -0.2) is 85.4 Å². The number of amides is 5. The van der Waals surface area contributed by atoms with E-state index in [2.05, 4.69) is 16.0 Å². The first kappa shape index (κ1) is 30.6. The molecule has 4 N–H and O–H groups in total. The minimum absolute atomic E-state index is 0.117. The molecular weight excluding hydrogens is 598 g/mol. The molecule has 3 aliphatic rings. The first-order chi connectivity index (χ1) is 22.2. The predicted octanol–water partition coefficient (Wildman–Crippen LogP) is 4.17. The van der Waals surface area contributed by atoms with Gasteiger partial charge in [0.15, 0.2) is 23.0 Å². The Bertz CT molecular complexity index is 1650. The van der Waals surface area contributed by atoms with Crippen LogP contribution in [0.1, 0.15) is 24.2 Å². The number of anilines is 3. The lowest BCUT2D eigenvalue weighted by atomic mass is 9.99. The lowest BCUT2D eigenvalue weighted by molar-refractivity contribution is 0.0371. The number of nitrogens with zero attached hydrogens (tertiary/aromatic N) is 2. The van der Waals surface area contributed by atoms with Gasteiger partial charge in [0.25, 0.3) is 5.91 Å². The summed E-state index contributed by atoms with van der Waals surface area (Å²) >= 11 is 0. The quantitative estimate of drug-likeness (QED) is 0.299. The fourth-order valence-corrected chi connectivity index (χ4v) is 5.33. The van der Waals surface area contributed by atoms with E-state index in [1.165, 1.54) is 11.0 Å². The van der Waals surface area contributed by atoms with Crippen LogP contribution in [0.4, 0.5) is 26.7 Å². The standard InChI is InChI=1S/C32H35N5O9/c1-18-13-37(19(2)15-38)30(39)23-10-20(33-31(40)34-21-5-8-25-27(11-21)44-16-42-25)4-7-24(23)46-29(18)14-36(3)32(41)35-22-6-9-26-28(12-22)45-17-43-26/h4-12,18-19,29,38H,13-17H2,1-3H3,(H,35,41)(H2,33,34,40)/t18-,19-,29+/m1/s1. The molecule has 6 rings (SSSR count). The predicted molar refractivity (Wildman–Crippen MR) is 167 cm³/mol. The maximum absolute atomic E-state index is 13.8. The molecule has 0 bridgehead atoms. The van der Waals surface area contributed by atoms with Crippen LogP contribution < -0.4 is 39.6 Å². The molecular formula is C32H35N5O9. The highest BCUT2D eigenvalue weighted by Crippen LogP contribution is 2.36. The second-order valence-corrected chi connectivity index (χ2v) is 11.4. The average molecular weight is 634 g/mol. The summed E-state index contributed by atoms with van der Waals surface area (Å²) in [6.45, 7) is 4.16. The van der Waals surface area contributed by atoms with Crippen LogP contribution in [0.15, 0.2) is 54.6 Å². The molecule has 5 amide bonds. The number of urea groups is 2. The smallest absolute Gasteiger partial charge is 0.323 e. The molecule has 242 valence electrons. The molecule has 3 heterocycles. The van der Waals surface area contributed by atoms with Gasteiger partial charge < -0.3 is 54.5 Å². The number of benzene rings is 3. The van der Waals surface area contributed by atoms with Crippen LogP contribution in [-0.2, 0) is 0 Å². The van der Waals surface area contributed by atoms with Gasteiger partial charge in [0, 0.05) is 48.7 Å². The molecule has 3 atom stereocenters. The van der Waals surface area contributed by atoms with E-state index in [1.807, 2.05) is 6.92 Å². The van der Waals surface area contributed by atoms with E-state index in [4.69, 9.17) is 23.7 Å². The van der Waals surface area contributed by atoms with Crippen molar-refractivity contribution in [2.45, 2.75) is 26.0 Å². The minimum Gasteiger partial charge on any atom is -0.487 e. The Labute approximate surface area is 265 Å². The number of hydrogen-bond acceptors (Lipinski definition) is 9. The summed E-state index contributed by atoms with van der Waals surface area (Å²) in [6, 6.07) is 13.6. The fraction of sp³-hybridized carbons (Fsp3) is 0.344. The number of fused-ring (bicyclic) bond motifs is 3. The lowest BCUT2D eigenvalue weighted by Crippen LogP contribution is -2.50. The fourth-order valence-electron chi connectivity index (χ4n) is 5.33. The Morgan fingerprint density at radius 3 is 2.02 bits per heavy atom. The molecule has 0 spiro atoms. The Morgan fingerprint density at radius 2 is 1.41 bits per heavy atom. The number of carbonyl (C=O) groups excluding carboxylic acids is 3. The second-order valence-electron chi connectivity index (χ2n) is 11.4. The summed E-state index contributed by atoms with van der Waals surface area (Å²) in [5, 5.41) is 18.3. The van der Waals surface area contributed by atoms with Crippen LogP contribution in [0, 0.1) is 5.92 Å². The molecule has 14 heteroatoms. The number of carbonyl (C=O) groups is 3. The highest BCUT2D eigenvalue weighted by Gasteiger charge is 2.34. The summed E-state index contributed by atoms with van der Waals surface area (Å²) in [4.78, 5) is 42.8. The minimum atomic E-state index is -0.528. The van der Waals surface area contributed by atoms with Crippen LogP contribution >= 0.6 is 0 Å². The SMILES string of the molecule is C[C@@H]1CN([C@H](C)CO)C(=O)c2cc(NC(=O)Nc3ccc4c(c3)OCO4)ccc2O[C@H]1CN(C)C(=O)Nc1ccc2c(c1)OCO2. The van der Waals surface area contributed by atoms with Crippen molar-refractivity contribution in [1.82, 2.24) is 9.80 Å².